The van der Waals surface area contributed by atoms with Crippen LogP contribution in [-0.4, -0.2) is 46.3 Å². The molecular weight excluding hydrogens is 180 g/mol. The summed E-state index contributed by atoms with van der Waals surface area (Å²) in [6.45, 7) is 3.02. The van der Waals surface area contributed by atoms with E-state index in [4.69, 9.17) is 0 Å². The van der Waals surface area contributed by atoms with E-state index in [1.54, 1.807) is 11.9 Å². The van der Waals surface area contributed by atoms with E-state index < -0.39 is 6.10 Å². The summed E-state index contributed by atoms with van der Waals surface area (Å²) in [7, 11) is 0. The van der Waals surface area contributed by atoms with Crippen molar-refractivity contribution in [3.63, 3.8) is 0 Å². The lowest BCUT2D eigenvalue weighted by Gasteiger charge is -2.40. The van der Waals surface area contributed by atoms with Crippen LogP contribution < -0.4 is 0 Å². The average Bonchev–Trinajstić information content (AvgIpc) is 2.32. The molecule has 14 heavy (non-hydrogen) atoms. The van der Waals surface area contributed by atoms with Crippen molar-refractivity contribution >= 4 is 5.91 Å². The Morgan fingerprint density at radius 3 is 2.79 bits per heavy atom. The van der Waals surface area contributed by atoms with Gasteiger partial charge in [-0.3, -0.25) is 9.80 Å². The van der Waals surface area contributed by atoms with Crippen LogP contribution in [0.3, 0.4) is 0 Å². The summed E-state index contributed by atoms with van der Waals surface area (Å²) in [5.41, 5.74) is 0. The Bertz CT molecular complexity index is 226. The number of hydrogen-bond donors (Lipinski definition) is 1. The molecule has 0 spiro atoms. The van der Waals surface area contributed by atoms with Crippen LogP contribution in [0.25, 0.3) is 0 Å². The summed E-state index contributed by atoms with van der Waals surface area (Å²) in [5, 5.41) is 13.2. The fourth-order valence-corrected chi connectivity index (χ4v) is 2.12. The molecule has 2 aliphatic rings. The number of aliphatic hydroxyl groups is 1. The molecule has 1 heterocycles. The number of aliphatic hydroxyl groups excluding tert-OH is 1. The number of β-amino-alcohol motifs (C(OH)–C–C–N with tert-alkyl or cyclic N) is 1. The summed E-state index contributed by atoms with van der Waals surface area (Å²) >= 11 is 0. The van der Waals surface area contributed by atoms with Crippen LogP contribution in [0.5, 0.6) is 0 Å². The standard InChI is InChI=1S/C10H18N2O2/c1-8(13)7-12-10(14)5-6-11(12)9-3-2-4-9/h8-9,13H,2-7H2,1H3. The third-order valence-corrected chi connectivity index (χ3v) is 3.09. The molecule has 1 saturated carbocycles. The SMILES string of the molecule is CC(O)CN1C(=O)CCN1C1CCC1. The van der Waals surface area contributed by atoms with Gasteiger partial charge in [-0.25, -0.2) is 5.01 Å². The van der Waals surface area contributed by atoms with Gasteiger partial charge >= 0.3 is 0 Å². The Hall–Kier alpha value is -0.610. The van der Waals surface area contributed by atoms with Gasteiger partial charge < -0.3 is 5.11 Å². The molecule has 2 rings (SSSR count). The summed E-state index contributed by atoms with van der Waals surface area (Å²) in [4.78, 5) is 11.5. The summed E-state index contributed by atoms with van der Waals surface area (Å²) in [6.07, 6.45) is 3.86. The van der Waals surface area contributed by atoms with Crippen molar-refractivity contribution in [1.29, 1.82) is 0 Å². The summed E-state index contributed by atoms with van der Waals surface area (Å²) in [5.74, 6) is 0.165. The number of carbonyl (C=O) groups is 1. The topological polar surface area (TPSA) is 43.8 Å². The Balaban J connectivity index is 1.97. The molecule has 1 aliphatic heterocycles. The molecule has 4 heteroatoms. The number of amides is 1. The van der Waals surface area contributed by atoms with E-state index in [9.17, 15) is 9.90 Å². The molecule has 1 N–H and O–H groups in total. The van der Waals surface area contributed by atoms with Crippen molar-refractivity contribution in [1.82, 2.24) is 10.0 Å². The normalized spacial score (nSPS) is 26.7. The van der Waals surface area contributed by atoms with Crippen LogP contribution in [-0.2, 0) is 4.79 Å². The largest absolute Gasteiger partial charge is 0.392 e. The van der Waals surface area contributed by atoms with Gasteiger partial charge in [0.15, 0.2) is 0 Å². The van der Waals surface area contributed by atoms with Crippen LogP contribution in [0, 0.1) is 0 Å². The van der Waals surface area contributed by atoms with Crippen molar-refractivity contribution in [2.75, 3.05) is 13.1 Å². The van der Waals surface area contributed by atoms with Gasteiger partial charge in [0.2, 0.25) is 5.91 Å². The maximum atomic E-state index is 11.5. The Morgan fingerprint density at radius 1 is 1.57 bits per heavy atom. The molecule has 0 radical (unpaired) electrons. The highest BCUT2D eigenvalue weighted by Crippen LogP contribution is 2.29. The van der Waals surface area contributed by atoms with Gasteiger partial charge in [-0.1, -0.05) is 6.42 Å². The molecule has 2 fully saturated rings. The Morgan fingerprint density at radius 2 is 2.29 bits per heavy atom. The maximum absolute atomic E-state index is 11.5. The lowest BCUT2D eigenvalue weighted by Crippen LogP contribution is -2.50. The van der Waals surface area contributed by atoms with Gasteiger partial charge in [0.25, 0.3) is 0 Å². The van der Waals surface area contributed by atoms with Gasteiger partial charge in [-0.15, -0.1) is 0 Å². The van der Waals surface area contributed by atoms with Gasteiger partial charge in [0.1, 0.15) is 0 Å². The smallest absolute Gasteiger partial charge is 0.238 e. The lowest BCUT2D eigenvalue weighted by atomic mass is 9.92. The second-order valence-corrected chi connectivity index (χ2v) is 4.32. The van der Waals surface area contributed by atoms with Crippen LogP contribution in [0.15, 0.2) is 0 Å². The maximum Gasteiger partial charge on any atom is 0.238 e. The van der Waals surface area contributed by atoms with E-state index in [0.29, 0.717) is 19.0 Å². The molecule has 1 aliphatic carbocycles. The summed E-state index contributed by atoms with van der Waals surface area (Å²) < 4.78 is 0. The summed E-state index contributed by atoms with van der Waals surface area (Å²) in [6, 6.07) is 0.556. The minimum absolute atomic E-state index is 0.165. The predicted octanol–water partition coefficient (Wildman–Crippen LogP) is 0.369. The first-order valence-electron chi connectivity index (χ1n) is 5.43. The predicted molar refractivity (Wildman–Crippen MR) is 52.4 cm³/mol. The van der Waals surface area contributed by atoms with Crippen LogP contribution in [0.1, 0.15) is 32.6 Å². The monoisotopic (exact) mass is 198 g/mol. The first kappa shape index (κ1) is 9.93. The van der Waals surface area contributed by atoms with Gasteiger partial charge in [-0.2, -0.15) is 0 Å². The number of hydrogen-bond acceptors (Lipinski definition) is 3. The fraction of sp³-hybridized carbons (Fsp3) is 0.900. The quantitative estimate of drug-likeness (QED) is 0.712. The molecule has 4 nitrogen and oxygen atoms in total. The minimum atomic E-state index is -0.431. The minimum Gasteiger partial charge on any atom is -0.392 e. The molecule has 0 aromatic carbocycles. The molecule has 1 saturated heterocycles. The van der Waals surface area contributed by atoms with E-state index in [0.717, 1.165) is 6.54 Å². The van der Waals surface area contributed by atoms with Crippen molar-refractivity contribution in [3.8, 4) is 0 Å². The van der Waals surface area contributed by atoms with E-state index in [1.165, 1.54) is 19.3 Å². The zero-order chi connectivity index (χ0) is 10.1. The van der Waals surface area contributed by atoms with E-state index in [-0.39, 0.29) is 5.91 Å². The molecular formula is C10H18N2O2. The molecule has 0 bridgehead atoms. The zero-order valence-corrected chi connectivity index (χ0v) is 8.65. The highest BCUT2D eigenvalue weighted by atomic mass is 16.3. The second kappa shape index (κ2) is 3.87. The zero-order valence-electron chi connectivity index (χ0n) is 8.65. The molecule has 1 amide bonds. The number of nitrogens with zero attached hydrogens (tertiary/aromatic N) is 2. The van der Waals surface area contributed by atoms with E-state index >= 15 is 0 Å². The van der Waals surface area contributed by atoms with Crippen LogP contribution in [0.4, 0.5) is 0 Å². The van der Waals surface area contributed by atoms with Crippen molar-refractivity contribution in [2.24, 2.45) is 0 Å². The Labute approximate surface area is 84.5 Å². The van der Waals surface area contributed by atoms with Crippen molar-refractivity contribution in [3.05, 3.63) is 0 Å². The van der Waals surface area contributed by atoms with Crippen LogP contribution in [0.2, 0.25) is 0 Å². The highest BCUT2D eigenvalue weighted by molar-refractivity contribution is 5.77. The first-order chi connectivity index (χ1) is 6.68. The van der Waals surface area contributed by atoms with E-state index in [2.05, 4.69) is 5.01 Å². The molecule has 0 aromatic rings. The van der Waals surface area contributed by atoms with Gasteiger partial charge in [-0.05, 0) is 19.8 Å². The molecule has 1 atom stereocenters. The lowest BCUT2D eigenvalue weighted by molar-refractivity contribution is -0.146. The van der Waals surface area contributed by atoms with Crippen molar-refractivity contribution < 1.29 is 9.90 Å². The highest BCUT2D eigenvalue weighted by Gasteiger charge is 2.36. The van der Waals surface area contributed by atoms with Crippen LogP contribution >= 0.6 is 0 Å². The number of hydrazine groups is 1. The molecule has 1 unspecified atom stereocenters. The third-order valence-electron chi connectivity index (χ3n) is 3.09. The van der Waals surface area contributed by atoms with Gasteiger partial charge in [0.05, 0.1) is 12.6 Å². The Kier molecular flexibility index (Phi) is 2.74. The van der Waals surface area contributed by atoms with E-state index in [1.807, 2.05) is 0 Å². The number of rotatable bonds is 3. The third kappa shape index (κ3) is 1.77. The number of carbonyl (C=O) groups excluding carboxylic acids is 1. The molecule has 80 valence electrons. The van der Waals surface area contributed by atoms with Gasteiger partial charge in [0, 0.05) is 19.0 Å². The average molecular weight is 198 g/mol. The fourth-order valence-electron chi connectivity index (χ4n) is 2.12. The first-order valence-corrected chi connectivity index (χ1v) is 5.43. The van der Waals surface area contributed by atoms with Crippen molar-refractivity contribution in [2.45, 2.75) is 44.8 Å². The molecule has 0 aromatic heterocycles. The second-order valence-electron chi connectivity index (χ2n) is 4.32.